The third kappa shape index (κ3) is 2.02. The van der Waals surface area contributed by atoms with E-state index in [0.717, 1.165) is 16.9 Å². The van der Waals surface area contributed by atoms with Gasteiger partial charge in [-0.25, -0.2) is 4.79 Å². The number of carboxylic acid groups (broad SMARTS) is 1. The second-order valence-corrected chi connectivity index (χ2v) is 4.14. The van der Waals surface area contributed by atoms with E-state index in [1.165, 1.54) is 6.92 Å². The van der Waals surface area contributed by atoms with E-state index in [4.69, 9.17) is 15.6 Å². The van der Waals surface area contributed by atoms with Crippen LogP contribution in [0.2, 0.25) is 0 Å². The lowest BCUT2D eigenvalue weighted by molar-refractivity contribution is -0.143. The second-order valence-electron chi connectivity index (χ2n) is 4.14. The van der Waals surface area contributed by atoms with E-state index in [2.05, 4.69) is 0 Å². The van der Waals surface area contributed by atoms with Crippen molar-refractivity contribution in [2.24, 2.45) is 5.73 Å². The van der Waals surface area contributed by atoms with E-state index in [1.54, 1.807) is 19.2 Å². The lowest BCUT2D eigenvalue weighted by Gasteiger charge is -2.23. The van der Waals surface area contributed by atoms with E-state index in [0.29, 0.717) is 5.56 Å². The molecule has 0 spiro atoms. The molecule has 0 heterocycles. The molecule has 88 valence electrons. The fraction of sp³-hybridized carbons (Fsp3) is 0.417. The third-order valence-corrected chi connectivity index (χ3v) is 2.75. The minimum Gasteiger partial charge on any atom is -0.496 e. The molecule has 0 saturated heterocycles. The molecule has 0 aliphatic rings. The average Bonchev–Trinajstić information content (AvgIpc) is 2.20. The minimum absolute atomic E-state index is 0.610. The first-order valence-corrected chi connectivity index (χ1v) is 4.98. The van der Waals surface area contributed by atoms with Gasteiger partial charge in [0.15, 0.2) is 0 Å². The third-order valence-electron chi connectivity index (χ3n) is 2.75. The predicted octanol–water partition coefficient (Wildman–Crippen LogP) is 1.57. The van der Waals surface area contributed by atoms with Crippen LogP contribution in [0.3, 0.4) is 0 Å². The molecular formula is C12H17NO3. The highest BCUT2D eigenvalue weighted by molar-refractivity contribution is 5.80. The van der Waals surface area contributed by atoms with Crippen molar-refractivity contribution in [1.29, 1.82) is 0 Å². The maximum Gasteiger partial charge on any atom is 0.328 e. The summed E-state index contributed by atoms with van der Waals surface area (Å²) in [5, 5.41) is 9.08. The Morgan fingerprint density at radius 3 is 2.38 bits per heavy atom. The number of ether oxygens (including phenoxy) is 1. The van der Waals surface area contributed by atoms with Crippen LogP contribution in [-0.4, -0.2) is 18.2 Å². The van der Waals surface area contributed by atoms with Gasteiger partial charge in [-0.15, -0.1) is 0 Å². The molecule has 0 aliphatic heterocycles. The smallest absolute Gasteiger partial charge is 0.328 e. The summed E-state index contributed by atoms with van der Waals surface area (Å²) in [6.45, 7) is 5.18. The normalized spacial score (nSPS) is 14.3. The van der Waals surface area contributed by atoms with Gasteiger partial charge >= 0.3 is 5.97 Å². The SMILES string of the molecule is COc1cc(C)c(C(C)(N)C(=O)O)cc1C. The van der Waals surface area contributed by atoms with Crippen molar-refractivity contribution in [3.8, 4) is 5.75 Å². The van der Waals surface area contributed by atoms with Crippen LogP contribution >= 0.6 is 0 Å². The lowest BCUT2D eigenvalue weighted by atomic mass is 9.88. The summed E-state index contributed by atoms with van der Waals surface area (Å²) in [4.78, 5) is 11.1. The van der Waals surface area contributed by atoms with Gasteiger partial charge in [-0.1, -0.05) is 0 Å². The van der Waals surface area contributed by atoms with Crippen molar-refractivity contribution in [2.45, 2.75) is 26.3 Å². The van der Waals surface area contributed by atoms with Crippen LogP contribution in [0.15, 0.2) is 12.1 Å². The van der Waals surface area contributed by atoms with Crippen LogP contribution in [0.25, 0.3) is 0 Å². The van der Waals surface area contributed by atoms with Crippen molar-refractivity contribution in [3.05, 3.63) is 28.8 Å². The molecule has 0 radical (unpaired) electrons. The lowest BCUT2D eigenvalue weighted by Crippen LogP contribution is -2.42. The van der Waals surface area contributed by atoms with Crippen molar-refractivity contribution in [3.63, 3.8) is 0 Å². The number of rotatable bonds is 3. The quantitative estimate of drug-likeness (QED) is 0.815. The number of aryl methyl sites for hydroxylation is 2. The number of carbonyl (C=O) groups is 1. The van der Waals surface area contributed by atoms with E-state index in [1.807, 2.05) is 13.8 Å². The molecule has 0 aromatic heterocycles. The molecule has 1 atom stereocenters. The number of methoxy groups -OCH3 is 1. The minimum atomic E-state index is -1.37. The standard InChI is InChI=1S/C12H17NO3/c1-7-6-10(16-4)8(2)5-9(7)12(3,13)11(14)15/h5-6H,13H2,1-4H3,(H,14,15). The van der Waals surface area contributed by atoms with E-state index in [-0.39, 0.29) is 0 Å². The molecule has 4 heteroatoms. The summed E-state index contributed by atoms with van der Waals surface area (Å²) in [7, 11) is 1.58. The van der Waals surface area contributed by atoms with E-state index < -0.39 is 11.5 Å². The Kier molecular flexibility index (Phi) is 3.24. The molecule has 0 amide bonds. The summed E-state index contributed by atoms with van der Waals surface area (Å²) in [6.07, 6.45) is 0. The molecule has 0 aliphatic carbocycles. The topological polar surface area (TPSA) is 72.5 Å². The van der Waals surface area contributed by atoms with Crippen LogP contribution < -0.4 is 10.5 Å². The number of aliphatic carboxylic acids is 1. The van der Waals surface area contributed by atoms with Gasteiger partial charge in [0, 0.05) is 0 Å². The van der Waals surface area contributed by atoms with Gasteiger partial charge in [-0.2, -0.15) is 0 Å². The summed E-state index contributed by atoms with van der Waals surface area (Å²) in [6, 6.07) is 3.57. The average molecular weight is 223 g/mol. The molecule has 0 bridgehead atoms. The van der Waals surface area contributed by atoms with Gasteiger partial charge in [-0.05, 0) is 49.6 Å². The monoisotopic (exact) mass is 223 g/mol. The van der Waals surface area contributed by atoms with Crippen molar-refractivity contribution in [1.82, 2.24) is 0 Å². The van der Waals surface area contributed by atoms with Crippen molar-refractivity contribution in [2.75, 3.05) is 7.11 Å². The summed E-state index contributed by atoms with van der Waals surface area (Å²) in [5.41, 5.74) is 6.73. The van der Waals surface area contributed by atoms with E-state index >= 15 is 0 Å². The summed E-state index contributed by atoms with van der Waals surface area (Å²) < 4.78 is 5.17. The van der Waals surface area contributed by atoms with Gasteiger partial charge in [0.05, 0.1) is 7.11 Å². The van der Waals surface area contributed by atoms with Gasteiger partial charge < -0.3 is 15.6 Å². The number of nitrogens with two attached hydrogens (primary N) is 1. The van der Waals surface area contributed by atoms with Crippen molar-refractivity contribution < 1.29 is 14.6 Å². The Labute approximate surface area is 95.0 Å². The Bertz CT molecular complexity index is 425. The summed E-state index contributed by atoms with van der Waals surface area (Å²) >= 11 is 0. The zero-order valence-electron chi connectivity index (χ0n) is 10.00. The Morgan fingerprint density at radius 2 is 1.94 bits per heavy atom. The summed E-state index contributed by atoms with van der Waals surface area (Å²) in [5.74, 6) is -0.303. The maximum atomic E-state index is 11.1. The molecular weight excluding hydrogens is 206 g/mol. The number of benzene rings is 1. The van der Waals surface area contributed by atoms with Crippen molar-refractivity contribution >= 4 is 5.97 Å². The van der Waals surface area contributed by atoms with Crippen LogP contribution in [-0.2, 0) is 10.3 Å². The molecule has 1 aromatic rings. The molecule has 0 fully saturated rings. The highest BCUT2D eigenvalue weighted by Gasteiger charge is 2.32. The zero-order chi connectivity index (χ0) is 12.5. The molecule has 16 heavy (non-hydrogen) atoms. The van der Waals surface area contributed by atoms with Crippen LogP contribution in [0, 0.1) is 13.8 Å². The largest absolute Gasteiger partial charge is 0.496 e. The molecule has 4 nitrogen and oxygen atoms in total. The Morgan fingerprint density at radius 1 is 1.38 bits per heavy atom. The van der Waals surface area contributed by atoms with E-state index in [9.17, 15) is 4.79 Å². The molecule has 1 aromatic carbocycles. The number of carboxylic acids is 1. The van der Waals surface area contributed by atoms with Gasteiger partial charge in [0.1, 0.15) is 11.3 Å². The predicted molar refractivity (Wildman–Crippen MR) is 61.6 cm³/mol. The number of hydrogen-bond acceptors (Lipinski definition) is 3. The molecule has 1 unspecified atom stereocenters. The maximum absolute atomic E-state index is 11.1. The van der Waals surface area contributed by atoms with Gasteiger partial charge in [-0.3, -0.25) is 0 Å². The van der Waals surface area contributed by atoms with Gasteiger partial charge in [0.25, 0.3) is 0 Å². The molecule has 1 rings (SSSR count). The first kappa shape index (κ1) is 12.5. The highest BCUT2D eigenvalue weighted by Crippen LogP contribution is 2.28. The first-order chi connectivity index (χ1) is 7.30. The zero-order valence-corrected chi connectivity index (χ0v) is 10.00. The van der Waals surface area contributed by atoms with Crippen LogP contribution in [0.1, 0.15) is 23.6 Å². The Hall–Kier alpha value is -1.55. The van der Waals surface area contributed by atoms with Crippen LogP contribution in [0.4, 0.5) is 0 Å². The van der Waals surface area contributed by atoms with Crippen LogP contribution in [0.5, 0.6) is 5.75 Å². The fourth-order valence-electron chi connectivity index (χ4n) is 1.68. The van der Waals surface area contributed by atoms with Gasteiger partial charge in [0.2, 0.25) is 0 Å². The highest BCUT2D eigenvalue weighted by atomic mass is 16.5. The number of hydrogen-bond donors (Lipinski definition) is 2. The molecule has 3 N–H and O–H groups in total. The second kappa shape index (κ2) is 4.14. The molecule has 0 saturated carbocycles. The Balaban J connectivity index is 3.37. The first-order valence-electron chi connectivity index (χ1n) is 4.98. The fourth-order valence-corrected chi connectivity index (χ4v) is 1.68.